The first kappa shape index (κ1) is 13.4. The molecule has 0 spiro atoms. The lowest BCUT2D eigenvalue weighted by Gasteiger charge is -2.37. The molecule has 0 radical (unpaired) electrons. The van der Waals surface area contributed by atoms with Crippen LogP contribution in [0, 0.1) is 5.92 Å². The number of fused-ring (bicyclic) bond motifs is 1. The Kier molecular flexibility index (Phi) is 3.74. The van der Waals surface area contributed by atoms with Crippen LogP contribution < -0.4 is 5.32 Å². The average molecular weight is 262 g/mol. The van der Waals surface area contributed by atoms with Crippen molar-refractivity contribution in [1.29, 1.82) is 0 Å². The van der Waals surface area contributed by atoms with E-state index in [2.05, 4.69) is 5.32 Å². The number of carbonyl (C=O) groups is 2. The van der Waals surface area contributed by atoms with Gasteiger partial charge in [-0.15, -0.1) is 0 Å². The highest BCUT2D eigenvalue weighted by atomic mass is 16.4. The van der Waals surface area contributed by atoms with E-state index in [1.807, 2.05) is 26.0 Å². The molecule has 5 heteroatoms. The first-order chi connectivity index (χ1) is 8.99. The molecular formula is C14H18N2O3. The number of benzene rings is 1. The van der Waals surface area contributed by atoms with Crippen LogP contribution in [0.3, 0.4) is 0 Å². The first-order valence-corrected chi connectivity index (χ1v) is 6.37. The summed E-state index contributed by atoms with van der Waals surface area (Å²) in [6.07, 6.45) is 0.450. The van der Waals surface area contributed by atoms with Gasteiger partial charge >= 0.3 is 5.97 Å². The summed E-state index contributed by atoms with van der Waals surface area (Å²) in [7, 11) is 0. The number of nitrogens with zero attached hydrogens (tertiary/aromatic N) is 1. The molecule has 102 valence electrons. The number of para-hydroxylation sites is 1. The zero-order valence-electron chi connectivity index (χ0n) is 11.1. The molecular weight excluding hydrogens is 244 g/mol. The Hall–Kier alpha value is -2.04. The number of nitrogens with one attached hydrogen (secondary N) is 1. The summed E-state index contributed by atoms with van der Waals surface area (Å²) in [5.74, 6) is -0.849. The van der Waals surface area contributed by atoms with Gasteiger partial charge in [-0.05, 0) is 24.5 Å². The van der Waals surface area contributed by atoms with Crippen LogP contribution in [0.25, 0.3) is 0 Å². The highest BCUT2D eigenvalue weighted by Crippen LogP contribution is 2.27. The van der Waals surface area contributed by atoms with Gasteiger partial charge < -0.3 is 15.3 Å². The molecule has 1 amide bonds. The molecule has 2 rings (SSSR count). The monoisotopic (exact) mass is 262 g/mol. The highest BCUT2D eigenvalue weighted by molar-refractivity contribution is 6.02. The van der Waals surface area contributed by atoms with Crippen LogP contribution in [0.15, 0.2) is 24.3 Å². The van der Waals surface area contributed by atoms with Gasteiger partial charge in [-0.1, -0.05) is 26.0 Å². The average Bonchev–Trinajstić information content (AvgIpc) is 2.33. The molecule has 0 aliphatic carbocycles. The Morgan fingerprint density at radius 3 is 2.74 bits per heavy atom. The summed E-state index contributed by atoms with van der Waals surface area (Å²) >= 11 is 0. The van der Waals surface area contributed by atoms with E-state index in [4.69, 9.17) is 5.11 Å². The second-order valence-corrected chi connectivity index (χ2v) is 5.16. The molecule has 2 N–H and O–H groups in total. The third-order valence-corrected chi connectivity index (χ3v) is 3.12. The zero-order chi connectivity index (χ0) is 14.0. The van der Waals surface area contributed by atoms with Crippen LogP contribution in [-0.4, -0.2) is 34.6 Å². The van der Waals surface area contributed by atoms with Gasteiger partial charge in [0.15, 0.2) is 0 Å². The molecule has 0 fully saturated rings. The van der Waals surface area contributed by atoms with E-state index >= 15 is 0 Å². The van der Waals surface area contributed by atoms with Gasteiger partial charge in [-0.2, -0.15) is 0 Å². The van der Waals surface area contributed by atoms with Crippen molar-refractivity contribution in [2.75, 3.05) is 11.9 Å². The van der Waals surface area contributed by atoms with E-state index in [-0.39, 0.29) is 18.6 Å². The largest absolute Gasteiger partial charge is 0.480 e. The minimum absolute atomic E-state index is 0.220. The number of carbonyl (C=O) groups excluding carboxylic acids is 1. The maximum Gasteiger partial charge on any atom is 0.323 e. The maximum atomic E-state index is 12.4. The summed E-state index contributed by atoms with van der Waals surface area (Å²) in [5, 5.41) is 12.2. The zero-order valence-corrected chi connectivity index (χ0v) is 11.1. The first-order valence-electron chi connectivity index (χ1n) is 6.37. The highest BCUT2D eigenvalue weighted by Gasteiger charge is 2.33. The second-order valence-electron chi connectivity index (χ2n) is 5.16. The number of aliphatic carboxylic acids is 1. The number of amides is 1. The summed E-state index contributed by atoms with van der Waals surface area (Å²) in [6, 6.07) is 7.20. The topological polar surface area (TPSA) is 69.6 Å². The molecule has 19 heavy (non-hydrogen) atoms. The van der Waals surface area contributed by atoms with Gasteiger partial charge in [-0.25, -0.2) is 0 Å². The molecule has 0 bridgehead atoms. The summed E-state index contributed by atoms with van der Waals surface area (Å²) in [6.45, 7) is 3.81. The number of hydrogen-bond acceptors (Lipinski definition) is 3. The van der Waals surface area contributed by atoms with Crippen LogP contribution in [0.2, 0.25) is 0 Å². The molecule has 0 aromatic heterocycles. The van der Waals surface area contributed by atoms with Crippen molar-refractivity contribution in [1.82, 2.24) is 4.90 Å². The van der Waals surface area contributed by atoms with E-state index in [0.29, 0.717) is 17.9 Å². The molecule has 1 aromatic carbocycles. The Morgan fingerprint density at radius 1 is 1.42 bits per heavy atom. The fourth-order valence-corrected chi connectivity index (χ4v) is 2.31. The molecule has 0 saturated heterocycles. The smallest absolute Gasteiger partial charge is 0.323 e. The Balaban J connectivity index is 2.32. The van der Waals surface area contributed by atoms with Gasteiger partial charge in [-0.3, -0.25) is 9.59 Å². The number of anilines is 1. The fourth-order valence-electron chi connectivity index (χ4n) is 2.31. The van der Waals surface area contributed by atoms with Crippen molar-refractivity contribution in [3.8, 4) is 0 Å². The Morgan fingerprint density at radius 2 is 2.11 bits per heavy atom. The quantitative estimate of drug-likeness (QED) is 0.871. The fraction of sp³-hybridized carbons (Fsp3) is 0.429. The van der Waals surface area contributed by atoms with Crippen molar-refractivity contribution in [2.45, 2.75) is 26.4 Å². The summed E-state index contributed by atoms with van der Waals surface area (Å²) in [5.41, 5.74) is 1.31. The van der Waals surface area contributed by atoms with Gasteiger partial charge in [0.2, 0.25) is 0 Å². The van der Waals surface area contributed by atoms with Crippen LogP contribution in [0.4, 0.5) is 5.69 Å². The van der Waals surface area contributed by atoms with E-state index in [9.17, 15) is 9.59 Å². The van der Waals surface area contributed by atoms with Crippen molar-refractivity contribution < 1.29 is 14.7 Å². The molecule has 0 saturated carbocycles. The molecule has 1 aromatic rings. The standard InChI is InChI=1S/C14H18N2O3/c1-9(2)7-12-15-11-6-4-3-5-10(11)14(19)16(12)8-13(17)18/h3-6,9,12,15H,7-8H2,1-2H3,(H,17,18)/t12-/m1/s1. The molecule has 1 heterocycles. The lowest BCUT2D eigenvalue weighted by atomic mass is 10.0. The minimum atomic E-state index is -0.997. The van der Waals surface area contributed by atoms with Gasteiger partial charge in [0.1, 0.15) is 12.7 Å². The third-order valence-electron chi connectivity index (χ3n) is 3.12. The van der Waals surface area contributed by atoms with Crippen LogP contribution in [-0.2, 0) is 4.79 Å². The normalized spacial score (nSPS) is 18.2. The van der Waals surface area contributed by atoms with E-state index in [0.717, 1.165) is 5.69 Å². The number of hydrogen-bond donors (Lipinski definition) is 2. The van der Waals surface area contributed by atoms with Crippen molar-refractivity contribution in [3.63, 3.8) is 0 Å². The predicted molar refractivity (Wildman–Crippen MR) is 72.0 cm³/mol. The summed E-state index contributed by atoms with van der Waals surface area (Å²) < 4.78 is 0. The van der Waals surface area contributed by atoms with E-state index in [1.165, 1.54) is 4.90 Å². The molecule has 1 atom stereocenters. The lowest BCUT2D eigenvalue weighted by molar-refractivity contribution is -0.138. The van der Waals surface area contributed by atoms with E-state index in [1.54, 1.807) is 12.1 Å². The summed E-state index contributed by atoms with van der Waals surface area (Å²) in [4.78, 5) is 24.7. The van der Waals surface area contributed by atoms with E-state index < -0.39 is 5.97 Å². The molecule has 0 unspecified atom stereocenters. The Labute approximate surface area is 112 Å². The predicted octanol–water partition coefficient (Wildman–Crippen LogP) is 2.01. The lowest BCUT2D eigenvalue weighted by Crippen LogP contribution is -2.51. The molecule has 1 aliphatic heterocycles. The SMILES string of the molecule is CC(C)C[C@@H]1Nc2ccccc2C(=O)N1CC(=O)O. The van der Waals surface area contributed by atoms with Crippen molar-refractivity contribution >= 4 is 17.6 Å². The Bertz CT molecular complexity index is 499. The molecule has 5 nitrogen and oxygen atoms in total. The number of carboxylic acid groups (broad SMARTS) is 1. The van der Waals surface area contributed by atoms with Crippen LogP contribution >= 0.6 is 0 Å². The van der Waals surface area contributed by atoms with Crippen molar-refractivity contribution in [2.24, 2.45) is 5.92 Å². The maximum absolute atomic E-state index is 12.4. The van der Waals surface area contributed by atoms with Gasteiger partial charge in [0.25, 0.3) is 5.91 Å². The van der Waals surface area contributed by atoms with Crippen molar-refractivity contribution in [3.05, 3.63) is 29.8 Å². The van der Waals surface area contributed by atoms with Crippen LogP contribution in [0.5, 0.6) is 0 Å². The van der Waals surface area contributed by atoms with Gasteiger partial charge in [0, 0.05) is 5.69 Å². The number of carboxylic acids is 1. The third kappa shape index (κ3) is 2.86. The molecule has 1 aliphatic rings. The van der Waals surface area contributed by atoms with Crippen LogP contribution in [0.1, 0.15) is 30.6 Å². The second kappa shape index (κ2) is 5.30. The van der Waals surface area contributed by atoms with Gasteiger partial charge in [0.05, 0.1) is 5.56 Å². The minimum Gasteiger partial charge on any atom is -0.480 e. The number of rotatable bonds is 4.